The fourth-order valence-corrected chi connectivity index (χ4v) is 1.92. The van der Waals surface area contributed by atoms with E-state index in [-0.39, 0.29) is 22.5 Å². The maximum absolute atomic E-state index is 13.7. The van der Waals surface area contributed by atoms with Gasteiger partial charge in [-0.25, -0.2) is 8.78 Å². The van der Waals surface area contributed by atoms with Crippen molar-refractivity contribution in [2.24, 2.45) is 5.73 Å². The summed E-state index contributed by atoms with van der Waals surface area (Å²) in [5.41, 5.74) is 5.93. The SMILES string of the molecule is CN(C)CCC(N)Cc1c(F)ccc(Br)c1F. The Morgan fingerprint density at radius 2 is 2.00 bits per heavy atom. The third kappa shape index (κ3) is 4.33. The molecule has 96 valence electrons. The standard InChI is InChI=1S/C12H17BrF2N2/c1-17(2)6-5-8(16)7-9-11(14)4-3-10(13)12(9)15/h3-4,8H,5-7,16H2,1-2H3. The van der Waals surface area contributed by atoms with Crippen molar-refractivity contribution < 1.29 is 8.78 Å². The van der Waals surface area contributed by atoms with Crippen molar-refractivity contribution in [1.82, 2.24) is 4.90 Å². The highest BCUT2D eigenvalue weighted by Crippen LogP contribution is 2.22. The molecular formula is C12H17BrF2N2. The van der Waals surface area contributed by atoms with Gasteiger partial charge in [-0.2, -0.15) is 0 Å². The molecular weight excluding hydrogens is 290 g/mol. The van der Waals surface area contributed by atoms with Gasteiger partial charge in [-0.05, 0) is 61.5 Å². The lowest BCUT2D eigenvalue weighted by Gasteiger charge is -2.16. The van der Waals surface area contributed by atoms with Crippen LogP contribution in [0.1, 0.15) is 12.0 Å². The van der Waals surface area contributed by atoms with Gasteiger partial charge in [-0.15, -0.1) is 0 Å². The number of benzene rings is 1. The van der Waals surface area contributed by atoms with Crippen molar-refractivity contribution in [2.45, 2.75) is 18.9 Å². The Balaban J connectivity index is 2.71. The largest absolute Gasteiger partial charge is 0.327 e. The Morgan fingerprint density at radius 1 is 1.35 bits per heavy atom. The van der Waals surface area contributed by atoms with Crippen molar-refractivity contribution in [3.63, 3.8) is 0 Å². The first-order chi connectivity index (χ1) is 7.91. The Hall–Kier alpha value is -0.520. The molecule has 17 heavy (non-hydrogen) atoms. The van der Waals surface area contributed by atoms with Gasteiger partial charge in [-0.1, -0.05) is 0 Å². The number of halogens is 3. The van der Waals surface area contributed by atoms with E-state index >= 15 is 0 Å². The van der Waals surface area contributed by atoms with Gasteiger partial charge in [0.1, 0.15) is 11.6 Å². The number of nitrogens with zero attached hydrogens (tertiary/aromatic N) is 1. The van der Waals surface area contributed by atoms with Gasteiger partial charge < -0.3 is 10.6 Å². The second-order valence-corrected chi connectivity index (χ2v) is 5.23. The summed E-state index contributed by atoms with van der Waals surface area (Å²) in [5.74, 6) is -1.09. The van der Waals surface area contributed by atoms with Crippen LogP contribution < -0.4 is 5.73 Å². The van der Waals surface area contributed by atoms with Crippen LogP contribution in [0.25, 0.3) is 0 Å². The van der Waals surface area contributed by atoms with E-state index in [0.29, 0.717) is 6.42 Å². The lowest BCUT2D eigenvalue weighted by atomic mass is 10.0. The van der Waals surface area contributed by atoms with Crippen LogP contribution in [0.4, 0.5) is 8.78 Å². The number of rotatable bonds is 5. The van der Waals surface area contributed by atoms with Gasteiger partial charge in [-0.3, -0.25) is 0 Å². The maximum Gasteiger partial charge on any atom is 0.143 e. The van der Waals surface area contributed by atoms with Gasteiger partial charge in [0.2, 0.25) is 0 Å². The van der Waals surface area contributed by atoms with Gasteiger partial charge in [0.15, 0.2) is 0 Å². The fourth-order valence-electron chi connectivity index (χ4n) is 1.54. The predicted octanol–water partition coefficient (Wildman–Crippen LogP) is 2.55. The number of hydrogen-bond acceptors (Lipinski definition) is 2. The average molecular weight is 307 g/mol. The molecule has 0 aliphatic rings. The molecule has 1 unspecified atom stereocenters. The van der Waals surface area contributed by atoms with Crippen LogP contribution in [0.2, 0.25) is 0 Å². The van der Waals surface area contributed by atoms with Crippen molar-refractivity contribution in [1.29, 1.82) is 0 Å². The summed E-state index contributed by atoms with van der Waals surface area (Å²) < 4.78 is 27.4. The predicted molar refractivity (Wildman–Crippen MR) is 68.9 cm³/mol. The molecule has 0 spiro atoms. The molecule has 0 amide bonds. The molecule has 0 heterocycles. The molecule has 0 aliphatic heterocycles. The zero-order chi connectivity index (χ0) is 13.0. The monoisotopic (exact) mass is 306 g/mol. The van der Waals surface area contributed by atoms with Crippen LogP contribution in [0.3, 0.4) is 0 Å². The summed E-state index contributed by atoms with van der Waals surface area (Å²) in [5, 5.41) is 0. The molecule has 1 aromatic rings. The van der Waals surface area contributed by atoms with Crippen molar-refractivity contribution in [3.8, 4) is 0 Å². The first-order valence-electron chi connectivity index (χ1n) is 5.44. The molecule has 1 aromatic carbocycles. The van der Waals surface area contributed by atoms with Crippen molar-refractivity contribution in [2.75, 3.05) is 20.6 Å². The number of nitrogens with two attached hydrogens (primary N) is 1. The zero-order valence-electron chi connectivity index (χ0n) is 10.0. The van der Waals surface area contributed by atoms with Gasteiger partial charge in [0.05, 0.1) is 4.47 Å². The maximum atomic E-state index is 13.7. The Labute approximate surface area is 109 Å². The molecule has 0 saturated carbocycles. The van der Waals surface area contributed by atoms with E-state index in [0.717, 1.165) is 6.54 Å². The first kappa shape index (κ1) is 14.5. The summed E-state index contributed by atoms with van der Waals surface area (Å²) in [4.78, 5) is 1.99. The van der Waals surface area contributed by atoms with E-state index in [1.54, 1.807) is 0 Å². The minimum absolute atomic E-state index is 0.0608. The van der Waals surface area contributed by atoms with E-state index in [9.17, 15) is 8.78 Å². The van der Waals surface area contributed by atoms with Crippen LogP contribution in [0.5, 0.6) is 0 Å². The Kier molecular flexibility index (Phi) is 5.49. The van der Waals surface area contributed by atoms with E-state index in [1.165, 1.54) is 12.1 Å². The molecule has 0 radical (unpaired) electrons. The third-order valence-electron chi connectivity index (χ3n) is 2.55. The highest BCUT2D eigenvalue weighted by molar-refractivity contribution is 9.10. The molecule has 0 fully saturated rings. The summed E-state index contributed by atoms with van der Waals surface area (Å²) in [6.45, 7) is 0.804. The molecule has 0 saturated heterocycles. The Bertz CT molecular complexity index is 383. The summed E-state index contributed by atoms with van der Waals surface area (Å²) in [6, 6.07) is 2.37. The average Bonchev–Trinajstić information content (AvgIpc) is 2.27. The summed E-state index contributed by atoms with van der Waals surface area (Å²) in [6.07, 6.45) is 0.920. The minimum Gasteiger partial charge on any atom is -0.327 e. The van der Waals surface area contributed by atoms with Crippen LogP contribution in [-0.2, 0) is 6.42 Å². The number of hydrogen-bond donors (Lipinski definition) is 1. The van der Waals surface area contributed by atoms with E-state index in [4.69, 9.17) is 5.73 Å². The van der Waals surface area contributed by atoms with Crippen LogP contribution in [-0.4, -0.2) is 31.6 Å². The minimum atomic E-state index is -0.551. The fraction of sp³-hybridized carbons (Fsp3) is 0.500. The van der Waals surface area contributed by atoms with E-state index in [1.807, 2.05) is 19.0 Å². The molecule has 1 rings (SSSR count). The Morgan fingerprint density at radius 3 is 2.59 bits per heavy atom. The van der Waals surface area contributed by atoms with Gasteiger partial charge >= 0.3 is 0 Å². The first-order valence-corrected chi connectivity index (χ1v) is 6.23. The second kappa shape index (κ2) is 6.42. The van der Waals surface area contributed by atoms with Gasteiger partial charge in [0, 0.05) is 11.6 Å². The highest BCUT2D eigenvalue weighted by Gasteiger charge is 2.15. The quantitative estimate of drug-likeness (QED) is 0.847. The zero-order valence-corrected chi connectivity index (χ0v) is 11.6. The van der Waals surface area contributed by atoms with Crippen LogP contribution in [0.15, 0.2) is 16.6 Å². The molecule has 5 heteroatoms. The normalized spacial score (nSPS) is 13.1. The van der Waals surface area contributed by atoms with Gasteiger partial charge in [0.25, 0.3) is 0 Å². The van der Waals surface area contributed by atoms with Crippen molar-refractivity contribution in [3.05, 3.63) is 33.8 Å². The molecule has 1 atom stereocenters. The molecule has 0 aromatic heterocycles. The summed E-state index contributed by atoms with van der Waals surface area (Å²) in [7, 11) is 3.87. The highest BCUT2D eigenvalue weighted by atomic mass is 79.9. The topological polar surface area (TPSA) is 29.3 Å². The van der Waals surface area contributed by atoms with E-state index < -0.39 is 11.6 Å². The van der Waals surface area contributed by atoms with Crippen LogP contribution >= 0.6 is 15.9 Å². The van der Waals surface area contributed by atoms with Crippen molar-refractivity contribution >= 4 is 15.9 Å². The van der Waals surface area contributed by atoms with Crippen LogP contribution in [0, 0.1) is 11.6 Å². The van der Waals surface area contributed by atoms with E-state index in [2.05, 4.69) is 15.9 Å². The molecule has 2 nitrogen and oxygen atoms in total. The lowest BCUT2D eigenvalue weighted by Crippen LogP contribution is -2.28. The molecule has 2 N–H and O–H groups in total. The third-order valence-corrected chi connectivity index (χ3v) is 3.16. The lowest BCUT2D eigenvalue weighted by molar-refractivity contribution is 0.377. The molecule has 0 bridgehead atoms. The smallest absolute Gasteiger partial charge is 0.143 e. The summed E-state index contributed by atoms with van der Waals surface area (Å²) >= 11 is 3.04. The molecule has 0 aliphatic carbocycles. The second-order valence-electron chi connectivity index (χ2n) is 4.38.